The van der Waals surface area contributed by atoms with Crippen molar-refractivity contribution in [1.82, 2.24) is 0 Å². The Labute approximate surface area is 60.5 Å². The van der Waals surface area contributed by atoms with Crippen molar-refractivity contribution < 1.29 is 0 Å². The predicted molar refractivity (Wildman–Crippen MR) is 44.0 cm³/mol. The van der Waals surface area contributed by atoms with E-state index in [0.29, 0.717) is 5.71 Å². The van der Waals surface area contributed by atoms with Crippen LogP contribution in [0.15, 0.2) is 29.3 Å². The Morgan fingerprint density at radius 3 is 2.70 bits per heavy atom. The third kappa shape index (κ3) is 1.41. The van der Waals surface area contributed by atoms with Gasteiger partial charge in [-0.25, -0.2) is 0 Å². The average Bonchev–Trinajstić information content (AvgIpc) is 1.94. The van der Waals surface area contributed by atoms with E-state index in [1.807, 2.05) is 25.2 Å². The lowest BCUT2D eigenvalue weighted by molar-refractivity contribution is 1.14. The minimum Gasteiger partial charge on any atom is -0.299 e. The van der Waals surface area contributed by atoms with Crippen molar-refractivity contribution in [3.05, 3.63) is 24.3 Å². The van der Waals surface area contributed by atoms with E-state index in [0.717, 1.165) is 12.3 Å². The number of nitrogens with zero attached hydrogens (tertiary/aromatic N) is 1. The predicted octanol–water partition coefficient (Wildman–Crippen LogP) is 1.59. The summed E-state index contributed by atoms with van der Waals surface area (Å²) in [6.07, 6.45) is 7.34. The van der Waals surface area contributed by atoms with Crippen molar-refractivity contribution >= 4 is 11.4 Å². The van der Waals surface area contributed by atoms with Crippen LogP contribution in [0, 0.1) is 5.41 Å². The van der Waals surface area contributed by atoms with E-state index in [4.69, 9.17) is 5.41 Å². The first-order chi connectivity index (χ1) is 4.84. The lowest BCUT2D eigenvalue weighted by Crippen LogP contribution is -2.09. The smallest absolute Gasteiger partial charge is 0.0823 e. The first-order valence-corrected chi connectivity index (χ1v) is 3.32. The number of hydrogen-bond acceptors (Lipinski definition) is 2. The Hall–Kier alpha value is -1.18. The molecule has 0 unspecified atom stereocenters. The Kier molecular flexibility index (Phi) is 2.15. The van der Waals surface area contributed by atoms with Crippen molar-refractivity contribution in [2.24, 2.45) is 4.99 Å². The number of nitrogens with one attached hydrogen (secondary N) is 1. The lowest BCUT2D eigenvalue weighted by Gasteiger charge is -2.00. The molecule has 0 aromatic heterocycles. The summed E-state index contributed by atoms with van der Waals surface area (Å²) in [5.74, 6) is 0. The van der Waals surface area contributed by atoms with Crippen LogP contribution in [0.25, 0.3) is 0 Å². The first kappa shape index (κ1) is 6.93. The van der Waals surface area contributed by atoms with Crippen LogP contribution in [0.3, 0.4) is 0 Å². The summed E-state index contributed by atoms with van der Waals surface area (Å²) in [4.78, 5) is 4.12. The van der Waals surface area contributed by atoms with Gasteiger partial charge in [0.1, 0.15) is 0 Å². The summed E-state index contributed by atoms with van der Waals surface area (Å²) < 4.78 is 0. The van der Waals surface area contributed by atoms with Gasteiger partial charge in [-0.3, -0.25) is 10.4 Å². The van der Waals surface area contributed by atoms with Crippen LogP contribution in [-0.4, -0.2) is 18.0 Å². The maximum Gasteiger partial charge on any atom is 0.0823 e. The third-order valence-electron chi connectivity index (χ3n) is 1.23. The first-order valence-electron chi connectivity index (χ1n) is 3.32. The normalized spacial score (nSPS) is 20.5. The van der Waals surface area contributed by atoms with E-state index >= 15 is 0 Å². The summed E-state index contributed by atoms with van der Waals surface area (Å²) in [6.45, 7) is 2.71. The van der Waals surface area contributed by atoms with Gasteiger partial charge in [0.2, 0.25) is 0 Å². The fraction of sp³-hybridized carbons (Fsp3) is 0.250. The van der Waals surface area contributed by atoms with Gasteiger partial charge in [0, 0.05) is 6.54 Å². The molecule has 0 saturated heterocycles. The molecule has 1 aliphatic rings. The van der Waals surface area contributed by atoms with Crippen molar-refractivity contribution in [3.8, 4) is 0 Å². The maximum absolute atomic E-state index is 7.38. The second-order valence-electron chi connectivity index (χ2n) is 1.99. The SMILES string of the molecule is CC/N=C1/C=CC=CC1=N. The highest BCUT2D eigenvalue weighted by atomic mass is 14.7. The van der Waals surface area contributed by atoms with Crippen LogP contribution in [-0.2, 0) is 0 Å². The van der Waals surface area contributed by atoms with Gasteiger partial charge >= 0.3 is 0 Å². The number of aliphatic imine (C=N–C) groups is 1. The van der Waals surface area contributed by atoms with E-state index < -0.39 is 0 Å². The molecule has 0 radical (unpaired) electrons. The second-order valence-corrected chi connectivity index (χ2v) is 1.99. The van der Waals surface area contributed by atoms with Crippen molar-refractivity contribution in [3.63, 3.8) is 0 Å². The molecule has 1 rings (SSSR count). The molecule has 0 aromatic rings. The topological polar surface area (TPSA) is 36.2 Å². The van der Waals surface area contributed by atoms with Crippen LogP contribution in [0.1, 0.15) is 6.92 Å². The highest BCUT2D eigenvalue weighted by Crippen LogP contribution is 1.95. The molecule has 0 spiro atoms. The fourth-order valence-corrected chi connectivity index (χ4v) is 0.782. The Morgan fingerprint density at radius 1 is 1.40 bits per heavy atom. The van der Waals surface area contributed by atoms with E-state index in [1.165, 1.54) is 0 Å². The molecule has 0 aliphatic heterocycles. The van der Waals surface area contributed by atoms with Gasteiger partial charge in [0.25, 0.3) is 0 Å². The molecule has 0 atom stereocenters. The summed E-state index contributed by atoms with van der Waals surface area (Å²) in [7, 11) is 0. The summed E-state index contributed by atoms with van der Waals surface area (Å²) in [6, 6.07) is 0. The molecule has 0 bridgehead atoms. The highest BCUT2D eigenvalue weighted by Gasteiger charge is 2.00. The van der Waals surface area contributed by atoms with Crippen molar-refractivity contribution in [2.45, 2.75) is 6.92 Å². The Balaban J connectivity index is 2.80. The second kappa shape index (κ2) is 3.11. The number of allylic oxidation sites excluding steroid dienone is 4. The number of rotatable bonds is 1. The standard InChI is InChI=1S/C8H10N2/c1-2-10-8-6-4-3-5-7(8)9/h3-6,9H,2H2,1H3/b9-7?,10-8-. The van der Waals surface area contributed by atoms with Crippen LogP contribution < -0.4 is 0 Å². The summed E-state index contributed by atoms with van der Waals surface area (Å²) in [5, 5.41) is 7.38. The van der Waals surface area contributed by atoms with E-state index in [-0.39, 0.29) is 0 Å². The summed E-state index contributed by atoms with van der Waals surface area (Å²) in [5.41, 5.74) is 1.29. The lowest BCUT2D eigenvalue weighted by atomic mass is 10.1. The van der Waals surface area contributed by atoms with Gasteiger partial charge in [-0.2, -0.15) is 0 Å². The van der Waals surface area contributed by atoms with E-state index in [9.17, 15) is 0 Å². The molecule has 2 nitrogen and oxygen atoms in total. The summed E-state index contributed by atoms with van der Waals surface area (Å²) >= 11 is 0. The number of hydrogen-bond donors (Lipinski definition) is 1. The van der Waals surface area contributed by atoms with Gasteiger partial charge in [0.15, 0.2) is 0 Å². The van der Waals surface area contributed by atoms with Gasteiger partial charge in [-0.05, 0) is 19.1 Å². The maximum atomic E-state index is 7.38. The molecule has 2 heteroatoms. The van der Waals surface area contributed by atoms with Crippen molar-refractivity contribution in [1.29, 1.82) is 5.41 Å². The molecule has 0 fully saturated rings. The molecule has 0 amide bonds. The largest absolute Gasteiger partial charge is 0.299 e. The zero-order valence-electron chi connectivity index (χ0n) is 5.96. The van der Waals surface area contributed by atoms with Crippen LogP contribution in [0.4, 0.5) is 0 Å². The molecular weight excluding hydrogens is 124 g/mol. The highest BCUT2D eigenvalue weighted by molar-refractivity contribution is 6.49. The molecule has 0 saturated carbocycles. The van der Waals surface area contributed by atoms with E-state index in [1.54, 1.807) is 6.08 Å². The van der Waals surface area contributed by atoms with Gasteiger partial charge < -0.3 is 0 Å². The molecule has 0 heterocycles. The Morgan fingerprint density at radius 2 is 2.10 bits per heavy atom. The van der Waals surface area contributed by atoms with E-state index in [2.05, 4.69) is 4.99 Å². The zero-order valence-corrected chi connectivity index (χ0v) is 5.96. The molecule has 10 heavy (non-hydrogen) atoms. The van der Waals surface area contributed by atoms with Crippen molar-refractivity contribution in [2.75, 3.05) is 6.54 Å². The third-order valence-corrected chi connectivity index (χ3v) is 1.23. The quantitative estimate of drug-likeness (QED) is 0.529. The Bertz CT molecular complexity index is 221. The molecule has 1 N–H and O–H groups in total. The fourth-order valence-electron chi connectivity index (χ4n) is 0.782. The minimum absolute atomic E-state index is 0.504. The zero-order chi connectivity index (χ0) is 7.40. The monoisotopic (exact) mass is 134 g/mol. The van der Waals surface area contributed by atoms with Crippen LogP contribution in [0.5, 0.6) is 0 Å². The molecule has 1 aliphatic carbocycles. The van der Waals surface area contributed by atoms with Gasteiger partial charge in [0.05, 0.1) is 11.4 Å². The molecule has 0 aromatic carbocycles. The van der Waals surface area contributed by atoms with Crippen LogP contribution in [0.2, 0.25) is 0 Å². The van der Waals surface area contributed by atoms with Gasteiger partial charge in [-0.1, -0.05) is 12.2 Å². The molecular formula is C8H10N2. The average molecular weight is 134 g/mol. The van der Waals surface area contributed by atoms with Gasteiger partial charge in [-0.15, -0.1) is 0 Å². The molecule has 52 valence electrons. The minimum atomic E-state index is 0.504. The van der Waals surface area contributed by atoms with Crippen LogP contribution >= 0.6 is 0 Å².